The van der Waals surface area contributed by atoms with Gasteiger partial charge in [-0.2, -0.15) is 0 Å². The first-order valence-corrected chi connectivity index (χ1v) is 9.39. The fourth-order valence-electron chi connectivity index (χ4n) is 3.49. The molecule has 0 radical (unpaired) electrons. The fraction of sp³-hybridized carbons (Fsp3) is 0.579. The number of aliphatic hydroxyl groups excluding tert-OH is 1. The van der Waals surface area contributed by atoms with Crippen LogP contribution >= 0.6 is 12.4 Å². The average molecular weight is 414 g/mol. The molecule has 3 atom stereocenters. The Kier molecular flexibility index (Phi) is 7.91. The molecular weight excluding hydrogens is 386 g/mol. The van der Waals surface area contributed by atoms with E-state index in [0.717, 1.165) is 23.2 Å². The number of hydrogen-bond acceptors (Lipinski definition) is 6. The number of urea groups is 1. The van der Waals surface area contributed by atoms with E-state index in [0.29, 0.717) is 19.7 Å². The first-order chi connectivity index (χ1) is 13.0. The van der Waals surface area contributed by atoms with Crippen LogP contribution in [0.1, 0.15) is 37.5 Å². The second-order valence-electron chi connectivity index (χ2n) is 6.78. The van der Waals surface area contributed by atoms with E-state index in [9.17, 15) is 14.7 Å². The lowest BCUT2D eigenvalue weighted by Crippen LogP contribution is -2.46. The Morgan fingerprint density at radius 2 is 2.18 bits per heavy atom. The van der Waals surface area contributed by atoms with E-state index < -0.39 is 12.1 Å². The van der Waals surface area contributed by atoms with Crippen LogP contribution in [-0.4, -0.2) is 60.5 Å². The SMILES string of the molecule is CCOC(=O)CNC(=O)N(CC)Cc1ccc2c(c1)[C@@H]1C[C@H](N2)[C@H](O)CO1.Cl. The Morgan fingerprint density at radius 3 is 2.89 bits per heavy atom. The molecule has 2 amide bonds. The van der Waals surface area contributed by atoms with Crippen molar-refractivity contribution in [3.8, 4) is 0 Å². The van der Waals surface area contributed by atoms with Gasteiger partial charge < -0.3 is 30.1 Å². The van der Waals surface area contributed by atoms with Gasteiger partial charge >= 0.3 is 12.0 Å². The second-order valence-corrected chi connectivity index (χ2v) is 6.78. The second kappa shape index (κ2) is 9.95. The molecular formula is C19H28ClN3O5. The Balaban J connectivity index is 0.00000280. The molecule has 0 aromatic heterocycles. The topological polar surface area (TPSA) is 100 Å². The van der Waals surface area contributed by atoms with Crippen LogP contribution in [0.4, 0.5) is 10.5 Å². The number of benzene rings is 1. The molecule has 8 nitrogen and oxygen atoms in total. The number of anilines is 1. The average Bonchev–Trinajstić information content (AvgIpc) is 2.67. The maximum Gasteiger partial charge on any atom is 0.325 e. The number of carbonyl (C=O) groups excluding carboxylic acids is 2. The van der Waals surface area contributed by atoms with Crippen LogP contribution in [0.15, 0.2) is 18.2 Å². The van der Waals surface area contributed by atoms with Crippen molar-refractivity contribution in [3.05, 3.63) is 29.3 Å². The van der Waals surface area contributed by atoms with E-state index in [-0.39, 0.29) is 43.7 Å². The fourth-order valence-corrected chi connectivity index (χ4v) is 3.49. The van der Waals surface area contributed by atoms with Gasteiger partial charge in [-0.05, 0) is 31.5 Å². The minimum Gasteiger partial charge on any atom is -0.465 e. The van der Waals surface area contributed by atoms with E-state index in [1.54, 1.807) is 11.8 Å². The minimum atomic E-state index is -0.493. The number of hydrogen-bond donors (Lipinski definition) is 3. The summed E-state index contributed by atoms with van der Waals surface area (Å²) >= 11 is 0. The normalized spacial score (nSPS) is 22.2. The van der Waals surface area contributed by atoms with E-state index in [1.807, 2.05) is 25.1 Å². The molecule has 1 aromatic carbocycles. The number of nitrogens with one attached hydrogen (secondary N) is 2. The summed E-state index contributed by atoms with van der Waals surface area (Å²) in [5, 5.41) is 15.9. The Labute approximate surface area is 171 Å². The van der Waals surface area contributed by atoms with Crippen LogP contribution in [0.25, 0.3) is 0 Å². The standard InChI is InChI=1S/C19H27N3O5.ClH/c1-3-22(19(25)20-9-18(24)26-4-2)10-12-5-6-14-13(7-12)17-8-15(21-14)16(23)11-27-17;/h5-7,15-17,21,23H,3-4,8-11H2,1-2H3,(H,20,25);1H/t15-,16+,17-;/m0./s1. The summed E-state index contributed by atoms with van der Waals surface area (Å²) in [6.07, 6.45) is 0.199. The number of nitrogens with zero attached hydrogens (tertiary/aromatic N) is 1. The Bertz CT molecular complexity index is 702. The molecule has 2 heterocycles. The van der Waals surface area contributed by atoms with Gasteiger partial charge in [0.05, 0.1) is 31.5 Å². The Hall–Kier alpha value is -2.03. The van der Waals surface area contributed by atoms with Gasteiger partial charge in [0.2, 0.25) is 0 Å². The molecule has 2 bridgehead atoms. The summed E-state index contributed by atoms with van der Waals surface area (Å²) in [5.41, 5.74) is 3.00. The third-order valence-electron chi connectivity index (χ3n) is 4.94. The highest BCUT2D eigenvalue weighted by atomic mass is 35.5. The number of fused-ring (bicyclic) bond motifs is 4. The smallest absolute Gasteiger partial charge is 0.325 e. The summed E-state index contributed by atoms with van der Waals surface area (Å²) in [5.74, 6) is -0.451. The van der Waals surface area contributed by atoms with Crippen molar-refractivity contribution in [1.82, 2.24) is 10.2 Å². The quantitative estimate of drug-likeness (QED) is 0.615. The van der Waals surface area contributed by atoms with E-state index in [4.69, 9.17) is 9.47 Å². The van der Waals surface area contributed by atoms with Gasteiger partial charge in [-0.25, -0.2) is 4.79 Å². The highest BCUT2D eigenvalue weighted by Gasteiger charge is 2.36. The van der Waals surface area contributed by atoms with Gasteiger partial charge in [-0.3, -0.25) is 4.79 Å². The van der Waals surface area contributed by atoms with Gasteiger partial charge in [0, 0.05) is 30.8 Å². The van der Waals surface area contributed by atoms with E-state index in [1.165, 1.54) is 0 Å². The van der Waals surface area contributed by atoms with Crippen molar-refractivity contribution in [2.45, 2.75) is 45.1 Å². The van der Waals surface area contributed by atoms with Gasteiger partial charge in [0.25, 0.3) is 0 Å². The van der Waals surface area contributed by atoms with Crippen molar-refractivity contribution >= 4 is 30.1 Å². The van der Waals surface area contributed by atoms with Crippen molar-refractivity contribution in [2.24, 2.45) is 0 Å². The molecule has 1 aromatic rings. The Morgan fingerprint density at radius 1 is 1.39 bits per heavy atom. The van der Waals surface area contributed by atoms with Crippen molar-refractivity contribution in [3.63, 3.8) is 0 Å². The zero-order chi connectivity index (χ0) is 19.4. The molecule has 0 unspecified atom stereocenters. The van der Waals surface area contributed by atoms with Crippen LogP contribution in [0.3, 0.4) is 0 Å². The predicted molar refractivity (Wildman–Crippen MR) is 107 cm³/mol. The molecule has 28 heavy (non-hydrogen) atoms. The number of ether oxygens (including phenoxy) is 2. The largest absolute Gasteiger partial charge is 0.465 e. The van der Waals surface area contributed by atoms with Gasteiger partial charge in [-0.15, -0.1) is 12.4 Å². The molecule has 3 rings (SSSR count). The van der Waals surface area contributed by atoms with Gasteiger partial charge in [-0.1, -0.05) is 6.07 Å². The van der Waals surface area contributed by atoms with Crippen LogP contribution < -0.4 is 10.6 Å². The number of esters is 1. The number of carbonyl (C=O) groups is 2. The van der Waals surface area contributed by atoms with E-state index >= 15 is 0 Å². The molecule has 1 fully saturated rings. The third-order valence-corrected chi connectivity index (χ3v) is 4.94. The number of amides is 2. The van der Waals surface area contributed by atoms with Gasteiger partial charge in [0.1, 0.15) is 6.54 Å². The summed E-state index contributed by atoms with van der Waals surface area (Å²) < 4.78 is 10.6. The summed E-state index contributed by atoms with van der Waals surface area (Å²) in [4.78, 5) is 25.4. The highest BCUT2D eigenvalue weighted by molar-refractivity contribution is 5.85. The minimum absolute atomic E-state index is 0. The van der Waals surface area contributed by atoms with Crippen molar-refractivity contribution in [2.75, 3.05) is 31.6 Å². The summed E-state index contributed by atoms with van der Waals surface area (Å²) in [7, 11) is 0. The zero-order valence-electron chi connectivity index (χ0n) is 16.1. The van der Waals surface area contributed by atoms with Crippen molar-refractivity contribution in [1.29, 1.82) is 0 Å². The molecule has 2 aliphatic heterocycles. The molecule has 3 N–H and O–H groups in total. The molecule has 1 saturated heterocycles. The third kappa shape index (κ3) is 5.06. The molecule has 156 valence electrons. The monoisotopic (exact) mass is 413 g/mol. The maximum atomic E-state index is 12.3. The predicted octanol–water partition coefficient (Wildman–Crippen LogP) is 1.82. The van der Waals surface area contributed by atoms with E-state index in [2.05, 4.69) is 10.6 Å². The lowest BCUT2D eigenvalue weighted by Gasteiger charge is -2.40. The molecule has 9 heteroatoms. The molecule has 0 aliphatic carbocycles. The zero-order valence-corrected chi connectivity index (χ0v) is 17.0. The first-order valence-electron chi connectivity index (χ1n) is 9.39. The summed E-state index contributed by atoms with van der Waals surface area (Å²) in [6.45, 7) is 5.02. The molecule has 0 spiro atoms. The lowest BCUT2D eigenvalue weighted by molar-refractivity contribution is -0.141. The highest BCUT2D eigenvalue weighted by Crippen LogP contribution is 2.39. The van der Waals surface area contributed by atoms with Gasteiger partial charge in [0.15, 0.2) is 0 Å². The number of halogens is 1. The van der Waals surface area contributed by atoms with Crippen LogP contribution in [0.5, 0.6) is 0 Å². The maximum absolute atomic E-state index is 12.3. The van der Waals surface area contributed by atoms with Crippen molar-refractivity contribution < 1.29 is 24.2 Å². The van der Waals surface area contributed by atoms with Crippen LogP contribution in [0, 0.1) is 0 Å². The van der Waals surface area contributed by atoms with Crippen LogP contribution in [0.2, 0.25) is 0 Å². The molecule has 2 aliphatic rings. The van der Waals surface area contributed by atoms with Crippen LogP contribution in [-0.2, 0) is 20.8 Å². The lowest BCUT2D eigenvalue weighted by atomic mass is 9.89. The molecule has 0 saturated carbocycles. The number of rotatable bonds is 6. The summed E-state index contributed by atoms with van der Waals surface area (Å²) in [6, 6.07) is 5.68. The number of aliphatic hydroxyl groups is 1. The first kappa shape index (κ1) is 22.3.